The van der Waals surface area contributed by atoms with Crippen molar-refractivity contribution in [1.82, 2.24) is 9.80 Å². The lowest BCUT2D eigenvalue weighted by Crippen LogP contribution is -2.44. The Bertz CT molecular complexity index is 550. The van der Waals surface area contributed by atoms with Gasteiger partial charge in [-0.3, -0.25) is 9.69 Å². The van der Waals surface area contributed by atoms with Crippen LogP contribution in [0.25, 0.3) is 0 Å². The zero-order chi connectivity index (χ0) is 17.1. The van der Waals surface area contributed by atoms with Crippen LogP contribution in [0.1, 0.15) is 42.6 Å². The van der Waals surface area contributed by atoms with E-state index in [1.54, 1.807) is 4.90 Å². The van der Waals surface area contributed by atoms with Gasteiger partial charge >= 0.3 is 0 Å². The summed E-state index contributed by atoms with van der Waals surface area (Å²) >= 11 is 0. The van der Waals surface area contributed by atoms with Crippen LogP contribution in [0.5, 0.6) is 0 Å². The molecule has 5 nitrogen and oxygen atoms in total. The van der Waals surface area contributed by atoms with Gasteiger partial charge in [0.15, 0.2) is 0 Å². The Hall–Kier alpha value is -1.43. The number of hydrogen-bond acceptors (Lipinski definition) is 4. The largest absolute Gasteiger partial charge is 0.394 e. The highest BCUT2D eigenvalue weighted by Gasteiger charge is 2.28. The first-order valence-corrected chi connectivity index (χ1v) is 8.95. The van der Waals surface area contributed by atoms with E-state index in [1.807, 2.05) is 24.3 Å². The third kappa shape index (κ3) is 3.97. The van der Waals surface area contributed by atoms with Crippen LogP contribution in [0, 0.1) is 0 Å². The molecule has 1 N–H and O–H groups in total. The normalized spacial score (nSPS) is 28.3. The van der Waals surface area contributed by atoms with Gasteiger partial charge in [-0.15, -0.1) is 0 Å². The van der Waals surface area contributed by atoms with E-state index in [-0.39, 0.29) is 30.8 Å². The lowest BCUT2D eigenvalue weighted by atomic mass is 10.1. The SMILES string of the molecule is CC1CN(Cc2ccc(C(=O)N3CCC[C@H]3CO)cc2)CC(C)O1. The zero-order valence-electron chi connectivity index (χ0n) is 14.6. The molecule has 5 heteroatoms. The Morgan fingerprint density at radius 3 is 2.50 bits per heavy atom. The number of carbonyl (C=O) groups excluding carboxylic acids is 1. The number of ether oxygens (including phenoxy) is 1. The third-order valence-electron chi connectivity index (χ3n) is 4.95. The number of benzene rings is 1. The van der Waals surface area contributed by atoms with E-state index < -0.39 is 0 Å². The summed E-state index contributed by atoms with van der Waals surface area (Å²) in [7, 11) is 0. The van der Waals surface area contributed by atoms with Crippen molar-refractivity contribution >= 4 is 5.91 Å². The minimum Gasteiger partial charge on any atom is -0.394 e. The van der Waals surface area contributed by atoms with Gasteiger partial charge < -0.3 is 14.7 Å². The summed E-state index contributed by atoms with van der Waals surface area (Å²) in [5, 5.41) is 9.39. The van der Waals surface area contributed by atoms with Crippen molar-refractivity contribution in [2.75, 3.05) is 26.2 Å². The van der Waals surface area contributed by atoms with E-state index in [0.29, 0.717) is 5.56 Å². The molecular formula is C19H28N2O3. The van der Waals surface area contributed by atoms with E-state index in [1.165, 1.54) is 5.56 Å². The predicted molar refractivity (Wildman–Crippen MR) is 92.9 cm³/mol. The summed E-state index contributed by atoms with van der Waals surface area (Å²) in [4.78, 5) is 16.8. The molecular weight excluding hydrogens is 304 g/mol. The fourth-order valence-electron chi connectivity index (χ4n) is 3.88. The first kappa shape index (κ1) is 17.4. The molecule has 0 radical (unpaired) electrons. The fraction of sp³-hybridized carbons (Fsp3) is 0.632. The van der Waals surface area contributed by atoms with Crippen LogP contribution in [0.2, 0.25) is 0 Å². The van der Waals surface area contributed by atoms with Crippen LogP contribution in [-0.4, -0.2) is 65.3 Å². The molecule has 3 rings (SSSR count). The van der Waals surface area contributed by atoms with Gasteiger partial charge in [0.25, 0.3) is 5.91 Å². The molecule has 2 aliphatic heterocycles. The molecule has 2 heterocycles. The minimum atomic E-state index is -0.0199. The monoisotopic (exact) mass is 332 g/mol. The van der Waals surface area contributed by atoms with Gasteiger partial charge in [0.2, 0.25) is 0 Å². The molecule has 2 fully saturated rings. The van der Waals surface area contributed by atoms with E-state index in [4.69, 9.17) is 4.74 Å². The number of amides is 1. The number of hydrogen-bond donors (Lipinski definition) is 1. The first-order chi connectivity index (χ1) is 11.6. The van der Waals surface area contributed by atoms with Crippen molar-refractivity contribution in [1.29, 1.82) is 0 Å². The maximum atomic E-state index is 12.6. The van der Waals surface area contributed by atoms with Crippen LogP contribution in [0.3, 0.4) is 0 Å². The van der Waals surface area contributed by atoms with Crippen LogP contribution in [-0.2, 0) is 11.3 Å². The molecule has 0 saturated carbocycles. The molecule has 24 heavy (non-hydrogen) atoms. The molecule has 0 aliphatic carbocycles. The summed E-state index contributed by atoms with van der Waals surface area (Å²) in [6.45, 7) is 7.78. The second kappa shape index (κ2) is 7.64. The second-order valence-corrected chi connectivity index (χ2v) is 7.13. The molecule has 132 valence electrons. The van der Waals surface area contributed by atoms with Gasteiger partial charge in [-0.25, -0.2) is 0 Å². The van der Waals surface area contributed by atoms with Crippen molar-refractivity contribution in [3.63, 3.8) is 0 Å². The summed E-state index contributed by atoms with van der Waals surface area (Å²) < 4.78 is 5.77. The summed E-state index contributed by atoms with van der Waals surface area (Å²) in [5.41, 5.74) is 1.93. The molecule has 2 saturated heterocycles. The fourth-order valence-corrected chi connectivity index (χ4v) is 3.88. The van der Waals surface area contributed by atoms with Crippen molar-refractivity contribution in [2.45, 2.75) is 51.5 Å². The Morgan fingerprint density at radius 1 is 1.21 bits per heavy atom. The average Bonchev–Trinajstić information content (AvgIpc) is 3.02. The third-order valence-corrected chi connectivity index (χ3v) is 4.95. The molecule has 2 aliphatic rings. The molecule has 1 amide bonds. The highest BCUT2D eigenvalue weighted by atomic mass is 16.5. The van der Waals surface area contributed by atoms with Crippen LogP contribution >= 0.6 is 0 Å². The van der Waals surface area contributed by atoms with Crippen molar-refractivity contribution in [3.05, 3.63) is 35.4 Å². The molecule has 1 aromatic carbocycles. The van der Waals surface area contributed by atoms with Gasteiger partial charge in [-0.1, -0.05) is 12.1 Å². The number of nitrogens with zero attached hydrogens (tertiary/aromatic N) is 2. The smallest absolute Gasteiger partial charge is 0.254 e. The summed E-state index contributed by atoms with van der Waals surface area (Å²) in [6.07, 6.45) is 2.40. The van der Waals surface area contributed by atoms with Crippen molar-refractivity contribution in [3.8, 4) is 0 Å². The Labute approximate surface area is 144 Å². The molecule has 2 unspecified atom stereocenters. The van der Waals surface area contributed by atoms with Crippen molar-refractivity contribution in [2.24, 2.45) is 0 Å². The molecule has 0 bridgehead atoms. The molecule has 3 atom stereocenters. The van der Waals surface area contributed by atoms with Gasteiger partial charge in [0, 0.05) is 31.7 Å². The highest BCUT2D eigenvalue weighted by Crippen LogP contribution is 2.20. The van der Waals surface area contributed by atoms with E-state index in [0.717, 1.165) is 39.0 Å². The first-order valence-electron chi connectivity index (χ1n) is 8.95. The average molecular weight is 332 g/mol. The summed E-state index contributed by atoms with van der Waals surface area (Å²) in [5.74, 6) is 0.0340. The second-order valence-electron chi connectivity index (χ2n) is 7.13. The Kier molecular flexibility index (Phi) is 5.54. The van der Waals surface area contributed by atoms with E-state index in [9.17, 15) is 9.90 Å². The minimum absolute atomic E-state index is 0.0199. The molecule has 1 aromatic rings. The van der Waals surface area contributed by atoms with Crippen LogP contribution in [0.15, 0.2) is 24.3 Å². The number of morpholine rings is 1. The number of rotatable bonds is 4. The molecule has 0 aromatic heterocycles. The summed E-state index contributed by atoms with van der Waals surface area (Å²) in [6, 6.07) is 7.90. The zero-order valence-corrected chi connectivity index (χ0v) is 14.6. The standard InChI is InChI=1S/C19H28N2O3/c1-14-10-20(11-15(2)24-14)12-16-5-7-17(8-6-16)19(23)21-9-3-4-18(21)13-22/h5-8,14-15,18,22H,3-4,9-13H2,1-2H3/t14?,15?,18-/m0/s1. The topological polar surface area (TPSA) is 53.0 Å². The van der Waals surface area contributed by atoms with Gasteiger partial charge in [0.1, 0.15) is 0 Å². The number of carbonyl (C=O) groups is 1. The number of aliphatic hydroxyl groups excluding tert-OH is 1. The highest BCUT2D eigenvalue weighted by molar-refractivity contribution is 5.94. The van der Waals surface area contributed by atoms with Gasteiger partial charge in [-0.05, 0) is 44.4 Å². The quantitative estimate of drug-likeness (QED) is 0.915. The molecule has 0 spiro atoms. The Morgan fingerprint density at radius 2 is 1.88 bits per heavy atom. The van der Waals surface area contributed by atoms with Crippen LogP contribution in [0.4, 0.5) is 0 Å². The van der Waals surface area contributed by atoms with E-state index >= 15 is 0 Å². The maximum Gasteiger partial charge on any atom is 0.254 e. The van der Waals surface area contributed by atoms with Crippen molar-refractivity contribution < 1.29 is 14.6 Å². The predicted octanol–water partition coefficient (Wildman–Crippen LogP) is 1.89. The van der Waals surface area contributed by atoms with Gasteiger partial charge in [-0.2, -0.15) is 0 Å². The lowest BCUT2D eigenvalue weighted by molar-refractivity contribution is -0.0704. The lowest BCUT2D eigenvalue weighted by Gasteiger charge is -2.35. The Balaban J connectivity index is 1.62. The van der Waals surface area contributed by atoms with Gasteiger partial charge in [0.05, 0.1) is 24.9 Å². The maximum absolute atomic E-state index is 12.6. The van der Waals surface area contributed by atoms with Crippen LogP contribution < -0.4 is 0 Å². The number of likely N-dealkylation sites (tertiary alicyclic amines) is 1. The van der Waals surface area contributed by atoms with E-state index in [2.05, 4.69) is 18.7 Å². The number of aliphatic hydroxyl groups is 1.